The van der Waals surface area contributed by atoms with Crippen LogP contribution in [0.25, 0.3) is 5.57 Å². The quantitative estimate of drug-likeness (QED) is 0.394. The molecule has 160 valence electrons. The van der Waals surface area contributed by atoms with Crippen LogP contribution < -0.4 is 4.74 Å². The van der Waals surface area contributed by atoms with Gasteiger partial charge in [0.1, 0.15) is 30.9 Å². The van der Waals surface area contributed by atoms with Gasteiger partial charge in [-0.05, 0) is 42.8 Å². The lowest BCUT2D eigenvalue weighted by Crippen LogP contribution is -2.40. The molecule has 0 fully saturated rings. The average Bonchev–Trinajstić information content (AvgIpc) is 3.28. The first-order chi connectivity index (χ1) is 15.0. The number of hydroxylamine groups is 1. The van der Waals surface area contributed by atoms with E-state index in [1.807, 2.05) is 19.1 Å². The first-order valence-electron chi connectivity index (χ1n) is 9.90. The van der Waals surface area contributed by atoms with Crippen LogP contribution in [0.5, 0.6) is 11.5 Å². The molecule has 0 radical (unpaired) electrons. The lowest BCUT2D eigenvalue weighted by atomic mass is 10.0. The minimum Gasteiger partial charge on any atom is -0.711 e. The number of phenols is 1. The van der Waals surface area contributed by atoms with Crippen molar-refractivity contribution in [3.05, 3.63) is 64.4 Å². The zero-order chi connectivity index (χ0) is 22.0. The molecule has 31 heavy (non-hydrogen) atoms. The summed E-state index contributed by atoms with van der Waals surface area (Å²) in [5.74, 6) is 1.04. The number of hydrogen-bond acceptors (Lipinski definition) is 8. The van der Waals surface area contributed by atoms with Gasteiger partial charge < -0.3 is 15.1 Å². The smallest absolute Gasteiger partial charge is 0.291 e. The molecule has 2 N–H and O–H groups in total. The Morgan fingerprint density at radius 1 is 1.42 bits per heavy atom. The number of allylic oxidation sites excluding steroid dienone is 2. The molecular weight excluding hydrogens is 400 g/mol. The van der Waals surface area contributed by atoms with Crippen LogP contribution in [0.1, 0.15) is 42.0 Å². The van der Waals surface area contributed by atoms with Gasteiger partial charge in [0.25, 0.3) is 5.84 Å². The van der Waals surface area contributed by atoms with Crippen LogP contribution in [-0.2, 0) is 6.42 Å². The monoisotopic (exact) mass is 422 g/mol. The van der Waals surface area contributed by atoms with Crippen LogP contribution in [0.2, 0.25) is 0 Å². The lowest BCUT2D eigenvalue weighted by molar-refractivity contribution is -0.385. The number of ether oxygens (including phenoxy) is 1. The van der Waals surface area contributed by atoms with E-state index in [1.165, 1.54) is 13.1 Å². The normalized spacial score (nSPS) is 15.5. The fourth-order valence-electron chi connectivity index (χ4n) is 3.64. The number of nitrogens with one attached hydrogen (secondary N) is 1. The molecule has 1 aromatic carbocycles. The first kappa shape index (κ1) is 20.3. The van der Waals surface area contributed by atoms with Gasteiger partial charge in [0.05, 0.1) is 22.9 Å². The third-order valence-electron chi connectivity index (χ3n) is 5.08. The maximum absolute atomic E-state index is 12.8. The van der Waals surface area contributed by atoms with E-state index in [0.717, 1.165) is 11.2 Å². The summed E-state index contributed by atoms with van der Waals surface area (Å²) in [4.78, 5) is 13.5. The molecule has 2 aliphatic rings. The van der Waals surface area contributed by atoms with Crippen molar-refractivity contribution in [2.45, 2.75) is 26.7 Å². The number of hydrogen-bond donors (Lipinski definition) is 2. The fourth-order valence-corrected chi connectivity index (χ4v) is 3.64. The summed E-state index contributed by atoms with van der Waals surface area (Å²) in [6.07, 6.45) is 8.21. The van der Waals surface area contributed by atoms with Gasteiger partial charge in [0.15, 0.2) is 5.78 Å². The Kier molecular flexibility index (Phi) is 5.52. The number of aromatic amines is 1. The van der Waals surface area contributed by atoms with E-state index in [0.29, 0.717) is 47.1 Å². The summed E-state index contributed by atoms with van der Waals surface area (Å²) in [5.41, 5.74) is 2.17. The van der Waals surface area contributed by atoms with Crippen molar-refractivity contribution in [2.75, 3.05) is 13.2 Å². The summed E-state index contributed by atoms with van der Waals surface area (Å²) < 4.78 is 6.76. The molecule has 0 unspecified atom stereocenters. The molecule has 2 aliphatic heterocycles. The predicted molar refractivity (Wildman–Crippen MR) is 112 cm³/mol. The molecule has 0 atom stereocenters. The van der Waals surface area contributed by atoms with Crippen molar-refractivity contribution in [2.24, 2.45) is 0 Å². The highest BCUT2D eigenvalue weighted by atomic mass is 16.5. The number of H-pyrrole nitrogens is 1. The second-order valence-corrected chi connectivity index (χ2v) is 7.23. The second kappa shape index (κ2) is 8.42. The van der Waals surface area contributed by atoms with Gasteiger partial charge in [-0.1, -0.05) is 13.3 Å². The molecule has 3 heterocycles. The van der Waals surface area contributed by atoms with Gasteiger partial charge in [0, 0.05) is 5.56 Å². The third-order valence-corrected chi connectivity index (χ3v) is 5.08. The fraction of sp³-hybridized carbons (Fsp3) is 0.286. The van der Waals surface area contributed by atoms with E-state index in [9.17, 15) is 15.1 Å². The summed E-state index contributed by atoms with van der Waals surface area (Å²) in [7, 11) is 0. The first-order valence-corrected chi connectivity index (χ1v) is 9.90. The number of nitrogens with zero attached hydrogens (tertiary/aromatic N) is 5. The van der Waals surface area contributed by atoms with Gasteiger partial charge in [0.2, 0.25) is 5.82 Å². The van der Waals surface area contributed by atoms with Crippen LogP contribution in [0.15, 0.2) is 42.3 Å². The molecule has 0 amide bonds. The highest BCUT2D eigenvalue weighted by Crippen LogP contribution is 2.33. The second-order valence-electron chi connectivity index (χ2n) is 7.23. The van der Waals surface area contributed by atoms with E-state index in [1.54, 1.807) is 23.2 Å². The summed E-state index contributed by atoms with van der Waals surface area (Å²) in [6.45, 7) is 3.93. The molecule has 10 heteroatoms. The number of phenolic OH excluding ortho intramolecular Hbond substituents is 1. The Bertz CT molecular complexity index is 1130. The Morgan fingerprint density at radius 2 is 2.26 bits per heavy atom. The Morgan fingerprint density at radius 3 is 2.97 bits per heavy atom. The van der Waals surface area contributed by atoms with Crippen molar-refractivity contribution in [1.29, 1.82) is 0 Å². The van der Waals surface area contributed by atoms with E-state index in [4.69, 9.17) is 4.74 Å². The molecule has 1 aromatic heterocycles. The zero-order valence-corrected chi connectivity index (χ0v) is 17.2. The number of ketones is 1. The van der Waals surface area contributed by atoms with Gasteiger partial charge in [-0.15, -0.1) is 10.2 Å². The number of carbonyl (C=O) groups is 1. The van der Waals surface area contributed by atoms with Crippen molar-refractivity contribution in [1.82, 2.24) is 25.5 Å². The number of fused-ring (bicyclic) bond motifs is 1. The maximum Gasteiger partial charge on any atom is 0.291 e. The standard InChI is InChI=1S/C21H22N6O4/c1-3-5-17-18(8-7-16(13(2)28)19(17)29)31-12-14-6-4-9-26-10-15(11-27(30)21(14)26)20-22-24-25-23-20/h4,6-9,11,29H,3,5,10,12H2,1-2H3,(H,22,23,24,25). The van der Waals surface area contributed by atoms with Gasteiger partial charge in [-0.2, -0.15) is 5.21 Å². The minimum absolute atomic E-state index is 0.0468. The van der Waals surface area contributed by atoms with Crippen molar-refractivity contribution in [3.63, 3.8) is 0 Å². The Labute approximate surface area is 178 Å². The molecule has 0 bridgehead atoms. The van der Waals surface area contributed by atoms with Crippen LogP contribution in [-0.4, -0.2) is 60.1 Å². The molecule has 0 saturated carbocycles. The van der Waals surface area contributed by atoms with Crippen LogP contribution in [0.3, 0.4) is 0 Å². The Hall–Kier alpha value is -3.95. The number of aromatic nitrogens is 4. The molecule has 0 saturated heterocycles. The average molecular weight is 422 g/mol. The van der Waals surface area contributed by atoms with E-state index < -0.39 is 0 Å². The van der Waals surface area contributed by atoms with Crippen LogP contribution in [0.4, 0.5) is 0 Å². The largest absolute Gasteiger partial charge is 0.711 e. The maximum atomic E-state index is 12.8. The van der Waals surface area contributed by atoms with Crippen LogP contribution >= 0.6 is 0 Å². The highest BCUT2D eigenvalue weighted by Gasteiger charge is 2.32. The molecular formula is C21H22N6O4. The number of tetrazole rings is 1. The van der Waals surface area contributed by atoms with Crippen molar-refractivity contribution in [3.8, 4) is 11.5 Å². The molecule has 4 rings (SSSR count). The van der Waals surface area contributed by atoms with E-state index >= 15 is 0 Å². The predicted octanol–water partition coefficient (Wildman–Crippen LogP) is 2.16. The van der Waals surface area contributed by atoms with Gasteiger partial charge in [-0.3, -0.25) is 4.79 Å². The summed E-state index contributed by atoms with van der Waals surface area (Å²) in [5, 5.41) is 37.1. The zero-order valence-electron chi connectivity index (χ0n) is 17.2. The molecule has 0 spiro atoms. The van der Waals surface area contributed by atoms with Crippen molar-refractivity contribution >= 4 is 17.2 Å². The number of Topliss-reactive ketones (excluding diaryl/α,β-unsaturated/α-hetero) is 1. The third kappa shape index (κ3) is 3.91. The molecule has 2 aromatic rings. The number of amidine groups is 1. The molecule has 10 nitrogen and oxygen atoms in total. The molecule has 0 aliphatic carbocycles. The van der Waals surface area contributed by atoms with Gasteiger partial charge >= 0.3 is 0 Å². The number of aromatic hydroxyl groups is 1. The number of carbonyl (C=O) groups excluding carboxylic acids is 1. The summed E-state index contributed by atoms with van der Waals surface area (Å²) >= 11 is 0. The SMILES string of the molecule is CCCc1c(OCC2=CC=CN3CC(c4nn[nH]n4)=C[N+]([O-])=C23)ccc(C(C)=O)c1O. The number of rotatable bonds is 7. The number of benzene rings is 1. The van der Waals surface area contributed by atoms with E-state index in [-0.39, 0.29) is 23.7 Å². The van der Waals surface area contributed by atoms with Gasteiger partial charge in [-0.25, -0.2) is 9.64 Å². The Balaban J connectivity index is 1.60. The lowest BCUT2D eigenvalue weighted by Gasteiger charge is -2.27. The topological polar surface area (TPSA) is 130 Å². The van der Waals surface area contributed by atoms with Crippen LogP contribution in [0, 0.1) is 5.21 Å². The minimum atomic E-state index is -0.207. The summed E-state index contributed by atoms with van der Waals surface area (Å²) in [6, 6.07) is 3.24. The van der Waals surface area contributed by atoms with E-state index in [2.05, 4.69) is 20.6 Å². The van der Waals surface area contributed by atoms with Crippen molar-refractivity contribution < 1.29 is 19.4 Å². The highest BCUT2D eigenvalue weighted by molar-refractivity contribution is 5.99.